The van der Waals surface area contributed by atoms with Gasteiger partial charge in [0, 0.05) is 18.2 Å². The van der Waals surface area contributed by atoms with Crippen LogP contribution in [0, 0.1) is 0 Å². The smallest absolute Gasteiger partial charge is 0.142 e. The van der Waals surface area contributed by atoms with Crippen LogP contribution in [0.3, 0.4) is 0 Å². The minimum atomic E-state index is 0.203. The first-order valence-corrected chi connectivity index (χ1v) is 6.76. The number of hydrogen-bond donors (Lipinski definition) is 1. The number of hydrogen-bond acceptors (Lipinski definition) is 2. The lowest BCUT2D eigenvalue weighted by molar-refractivity contribution is 0.215. The number of rotatable bonds is 6. The van der Waals surface area contributed by atoms with E-state index in [-0.39, 0.29) is 6.10 Å². The van der Waals surface area contributed by atoms with E-state index >= 15 is 0 Å². The van der Waals surface area contributed by atoms with Crippen LogP contribution in [0.25, 0.3) is 0 Å². The molecule has 1 aromatic rings. The highest BCUT2D eigenvalue weighted by atomic mass is 35.5. The normalized spacial score (nSPS) is 16.9. The zero-order chi connectivity index (χ0) is 12.3. The number of para-hydroxylation sites is 1. The SMILES string of the molecule is CCC(C)Oc1c(Cl)cccc1CNC1CC1. The van der Waals surface area contributed by atoms with Crippen LogP contribution in [0.15, 0.2) is 18.2 Å². The average Bonchev–Trinajstić information content (AvgIpc) is 3.13. The van der Waals surface area contributed by atoms with Crippen molar-refractivity contribution in [1.82, 2.24) is 5.32 Å². The molecule has 0 saturated heterocycles. The molecule has 0 aromatic heterocycles. The van der Waals surface area contributed by atoms with Gasteiger partial charge in [0.05, 0.1) is 11.1 Å². The summed E-state index contributed by atoms with van der Waals surface area (Å²) in [5.41, 5.74) is 1.16. The Labute approximate surface area is 108 Å². The Hall–Kier alpha value is -0.730. The van der Waals surface area contributed by atoms with Crippen LogP contribution in [0.4, 0.5) is 0 Å². The number of nitrogens with one attached hydrogen (secondary N) is 1. The molecule has 2 nitrogen and oxygen atoms in total. The quantitative estimate of drug-likeness (QED) is 0.833. The highest BCUT2D eigenvalue weighted by molar-refractivity contribution is 6.32. The molecular weight excluding hydrogens is 234 g/mol. The topological polar surface area (TPSA) is 21.3 Å². The molecular formula is C14H20ClNO. The van der Waals surface area contributed by atoms with Crippen molar-refractivity contribution in [2.45, 2.75) is 51.8 Å². The molecule has 0 bridgehead atoms. The molecule has 94 valence electrons. The lowest BCUT2D eigenvalue weighted by Gasteiger charge is -2.17. The molecule has 1 aromatic carbocycles. The molecule has 3 heteroatoms. The minimum absolute atomic E-state index is 0.203. The summed E-state index contributed by atoms with van der Waals surface area (Å²) in [6.07, 6.45) is 3.78. The molecule has 1 aliphatic carbocycles. The molecule has 1 N–H and O–H groups in total. The fraction of sp³-hybridized carbons (Fsp3) is 0.571. The third-order valence-corrected chi connectivity index (χ3v) is 3.40. The Morgan fingerprint density at radius 3 is 2.88 bits per heavy atom. The molecule has 0 aliphatic heterocycles. The molecule has 1 atom stereocenters. The Bertz CT molecular complexity index is 376. The predicted molar refractivity (Wildman–Crippen MR) is 71.7 cm³/mol. The van der Waals surface area contributed by atoms with E-state index in [1.165, 1.54) is 12.8 Å². The lowest BCUT2D eigenvalue weighted by Crippen LogP contribution is -2.18. The molecule has 0 heterocycles. The van der Waals surface area contributed by atoms with Crippen LogP contribution < -0.4 is 10.1 Å². The second-order valence-corrected chi connectivity index (χ2v) is 5.13. The lowest BCUT2D eigenvalue weighted by atomic mass is 10.2. The van der Waals surface area contributed by atoms with E-state index in [1.807, 2.05) is 12.1 Å². The van der Waals surface area contributed by atoms with Crippen molar-refractivity contribution in [2.24, 2.45) is 0 Å². The zero-order valence-corrected chi connectivity index (χ0v) is 11.3. The second kappa shape index (κ2) is 5.74. The Morgan fingerprint density at radius 1 is 1.47 bits per heavy atom. The molecule has 2 rings (SSSR count). The minimum Gasteiger partial charge on any atom is -0.489 e. The molecule has 1 saturated carbocycles. The van der Waals surface area contributed by atoms with Crippen LogP contribution in [0.5, 0.6) is 5.75 Å². The first-order chi connectivity index (χ1) is 8.20. The number of ether oxygens (including phenoxy) is 1. The van der Waals surface area contributed by atoms with Crippen molar-refractivity contribution in [1.29, 1.82) is 0 Å². The van der Waals surface area contributed by atoms with E-state index in [0.29, 0.717) is 11.1 Å². The zero-order valence-electron chi connectivity index (χ0n) is 10.5. The van der Waals surface area contributed by atoms with Gasteiger partial charge in [-0.3, -0.25) is 0 Å². The largest absolute Gasteiger partial charge is 0.489 e. The summed E-state index contributed by atoms with van der Waals surface area (Å²) in [6, 6.07) is 6.65. The summed E-state index contributed by atoms with van der Waals surface area (Å²) < 4.78 is 5.91. The third-order valence-electron chi connectivity index (χ3n) is 3.10. The van der Waals surface area contributed by atoms with Gasteiger partial charge in [-0.1, -0.05) is 30.7 Å². The van der Waals surface area contributed by atoms with Gasteiger partial charge in [-0.05, 0) is 32.3 Å². The predicted octanol–water partition coefficient (Wildman–Crippen LogP) is 3.77. The first kappa shape index (κ1) is 12.7. The van der Waals surface area contributed by atoms with Crippen molar-refractivity contribution in [3.63, 3.8) is 0 Å². The summed E-state index contributed by atoms with van der Waals surface area (Å²) in [6.45, 7) is 5.03. The maximum atomic E-state index is 6.21. The van der Waals surface area contributed by atoms with Gasteiger partial charge in [-0.15, -0.1) is 0 Å². The molecule has 1 unspecified atom stereocenters. The third kappa shape index (κ3) is 3.62. The summed E-state index contributed by atoms with van der Waals surface area (Å²) in [5.74, 6) is 0.844. The summed E-state index contributed by atoms with van der Waals surface area (Å²) in [7, 11) is 0. The van der Waals surface area contributed by atoms with Gasteiger partial charge in [0.2, 0.25) is 0 Å². The van der Waals surface area contributed by atoms with E-state index in [9.17, 15) is 0 Å². The highest BCUT2D eigenvalue weighted by Gasteiger charge is 2.21. The standard InChI is InChI=1S/C14H20ClNO/c1-3-10(2)17-14-11(5-4-6-13(14)15)9-16-12-7-8-12/h4-6,10,12,16H,3,7-9H2,1-2H3. The van der Waals surface area contributed by atoms with Crippen molar-refractivity contribution in [3.05, 3.63) is 28.8 Å². The fourth-order valence-corrected chi connectivity index (χ4v) is 1.89. The van der Waals surface area contributed by atoms with Crippen LogP contribution in [0.1, 0.15) is 38.7 Å². The van der Waals surface area contributed by atoms with Gasteiger partial charge in [-0.2, -0.15) is 0 Å². The molecule has 1 aliphatic rings. The van der Waals surface area contributed by atoms with Gasteiger partial charge >= 0.3 is 0 Å². The van der Waals surface area contributed by atoms with Gasteiger partial charge < -0.3 is 10.1 Å². The molecule has 1 fully saturated rings. The van der Waals surface area contributed by atoms with Gasteiger partial charge in [0.15, 0.2) is 0 Å². The first-order valence-electron chi connectivity index (χ1n) is 6.38. The van der Waals surface area contributed by atoms with Crippen LogP contribution in [-0.2, 0) is 6.54 Å². The highest BCUT2D eigenvalue weighted by Crippen LogP contribution is 2.30. The van der Waals surface area contributed by atoms with Gasteiger partial charge in [0.25, 0.3) is 0 Å². The van der Waals surface area contributed by atoms with Crippen molar-refractivity contribution in [2.75, 3.05) is 0 Å². The average molecular weight is 254 g/mol. The summed E-state index contributed by atoms with van der Waals surface area (Å²) >= 11 is 6.21. The van der Waals surface area contributed by atoms with Crippen molar-refractivity contribution in [3.8, 4) is 5.75 Å². The van der Waals surface area contributed by atoms with Crippen LogP contribution in [-0.4, -0.2) is 12.1 Å². The van der Waals surface area contributed by atoms with Crippen molar-refractivity contribution < 1.29 is 4.74 Å². The van der Waals surface area contributed by atoms with Crippen molar-refractivity contribution >= 4 is 11.6 Å². The Kier molecular flexibility index (Phi) is 4.30. The maximum absolute atomic E-state index is 6.21. The molecule has 0 amide bonds. The van der Waals surface area contributed by atoms with Crippen LogP contribution in [0.2, 0.25) is 5.02 Å². The Balaban J connectivity index is 2.08. The molecule has 0 radical (unpaired) electrons. The maximum Gasteiger partial charge on any atom is 0.142 e. The summed E-state index contributed by atoms with van der Waals surface area (Å²) in [4.78, 5) is 0. The van der Waals surface area contributed by atoms with Gasteiger partial charge in [0.1, 0.15) is 5.75 Å². The van der Waals surface area contributed by atoms with E-state index in [2.05, 4.69) is 25.2 Å². The van der Waals surface area contributed by atoms with Gasteiger partial charge in [-0.25, -0.2) is 0 Å². The van der Waals surface area contributed by atoms with E-state index in [0.717, 1.165) is 24.3 Å². The fourth-order valence-electron chi connectivity index (χ4n) is 1.65. The Morgan fingerprint density at radius 2 is 2.24 bits per heavy atom. The van der Waals surface area contributed by atoms with E-state index in [1.54, 1.807) is 0 Å². The monoisotopic (exact) mass is 253 g/mol. The second-order valence-electron chi connectivity index (χ2n) is 4.72. The number of halogens is 1. The van der Waals surface area contributed by atoms with E-state index < -0.39 is 0 Å². The molecule has 0 spiro atoms. The van der Waals surface area contributed by atoms with E-state index in [4.69, 9.17) is 16.3 Å². The summed E-state index contributed by atoms with van der Waals surface area (Å²) in [5, 5.41) is 4.20. The molecule has 17 heavy (non-hydrogen) atoms. The van der Waals surface area contributed by atoms with Crippen LogP contribution >= 0.6 is 11.6 Å². The number of benzene rings is 1.